The molecule has 12 heavy (non-hydrogen) atoms. The monoisotopic (exact) mass is 191 g/mol. The molecule has 0 aliphatic heterocycles. The van der Waals surface area contributed by atoms with Gasteiger partial charge in [-0.3, -0.25) is 4.79 Å². The van der Waals surface area contributed by atoms with Crippen molar-refractivity contribution in [1.82, 2.24) is 5.32 Å². The first-order valence-electron chi connectivity index (χ1n) is 4.33. The Hall–Kier alpha value is -0.240. The molecule has 0 rings (SSSR count). The Morgan fingerprint density at radius 1 is 1.58 bits per heavy atom. The van der Waals surface area contributed by atoms with Crippen molar-refractivity contribution < 1.29 is 4.79 Å². The maximum atomic E-state index is 11.3. The van der Waals surface area contributed by atoms with Crippen molar-refractivity contribution in [3.05, 3.63) is 0 Å². The SMILES string of the molecule is CCC(C)(CCl)NC(=O)C(C)C. The van der Waals surface area contributed by atoms with E-state index in [9.17, 15) is 4.79 Å². The van der Waals surface area contributed by atoms with Gasteiger partial charge in [-0.05, 0) is 13.3 Å². The van der Waals surface area contributed by atoms with Crippen molar-refractivity contribution in [2.24, 2.45) is 5.92 Å². The van der Waals surface area contributed by atoms with Gasteiger partial charge in [0.05, 0.1) is 5.54 Å². The lowest BCUT2D eigenvalue weighted by Crippen LogP contribution is -2.48. The van der Waals surface area contributed by atoms with Crippen LogP contribution in [0.15, 0.2) is 0 Å². The lowest BCUT2D eigenvalue weighted by Gasteiger charge is -2.27. The van der Waals surface area contributed by atoms with E-state index in [4.69, 9.17) is 11.6 Å². The number of hydrogen-bond acceptors (Lipinski definition) is 1. The van der Waals surface area contributed by atoms with Gasteiger partial charge in [0.15, 0.2) is 0 Å². The summed E-state index contributed by atoms with van der Waals surface area (Å²) in [7, 11) is 0. The van der Waals surface area contributed by atoms with Crippen molar-refractivity contribution in [1.29, 1.82) is 0 Å². The molecule has 3 heteroatoms. The zero-order valence-corrected chi connectivity index (χ0v) is 9.03. The minimum Gasteiger partial charge on any atom is -0.350 e. The van der Waals surface area contributed by atoms with Crippen molar-refractivity contribution >= 4 is 17.5 Å². The number of amides is 1. The third kappa shape index (κ3) is 3.44. The third-order valence-electron chi connectivity index (χ3n) is 2.02. The fourth-order valence-corrected chi connectivity index (χ4v) is 0.914. The second-order valence-electron chi connectivity index (χ2n) is 3.69. The summed E-state index contributed by atoms with van der Waals surface area (Å²) in [6.07, 6.45) is 0.856. The van der Waals surface area contributed by atoms with Crippen LogP contribution in [0, 0.1) is 5.92 Å². The highest BCUT2D eigenvalue weighted by Gasteiger charge is 2.23. The molecule has 0 spiro atoms. The minimum absolute atomic E-state index is 0.0269. The lowest BCUT2D eigenvalue weighted by molar-refractivity contribution is -0.125. The molecule has 1 atom stereocenters. The van der Waals surface area contributed by atoms with Crippen LogP contribution in [0.1, 0.15) is 34.1 Å². The van der Waals surface area contributed by atoms with Gasteiger partial charge in [0, 0.05) is 11.8 Å². The van der Waals surface area contributed by atoms with Crippen LogP contribution >= 0.6 is 11.6 Å². The standard InChI is InChI=1S/C9H18ClNO/c1-5-9(4,6-10)11-8(12)7(2)3/h7H,5-6H2,1-4H3,(H,11,12). The van der Waals surface area contributed by atoms with Crippen LogP contribution in [0.4, 0.5) is 0 Å². The highest BCUT2D eigenvalue weighted by Crippen LogP contribution is 2.11. The van der Waals surface area contributed by atoms with E-state index in [-0.39, 0.29) is 17.4 Å². The van der Waals surface area contributed by atoms with Crippen molar-refractivity contribution in [2.75, 3.05) is 5.88 Å². The fourth-order valence-electron chi connectivity index (χ4n) is 0.658. The van der Waals surface area contributed by atoms with E-state index in [1.807, 2.05) is 27.7 Å². The molecule has 1 amide bonds. The molecule has 0 saturated heterocycles. The molecule has 0 aliphatic carbocycles. The van der Waals surface area contributed by atoms with Gasteiger partial charge in [-0.1, -0.05) is 20.8 Å². The van der Waals surface area contributed by atoms with E-state index in [1.165, 1.54) is 0 Å². The number of nitrogens with one attached hydrogen (secondary N) is 1. The summed E-state index contributed by atoms with van der Waals surface area (Å²) in [5, 5.41) is 2.92. The van der Waals surface area contributed by atoms with E-state index in [1.54, 1.807) is 0 Å². The molecule has 1 unspecified atom stereocenters. The highest BCUT2D eigenvalue weighted by molar-refractivity contribution is 6.18. The van der Waals surface area contributed by atoms with Gasteiger partial charge in [-0.15, -0.1) is 11.6 Å². The first-order chi connectivity index (χ1) is 5.45. The molecule has 0 aliphatic rings. The summed E-state index contributed by atoms with van der Waals surface area (Å²) in [5.74, 6) is 0.557. The number of rotatable bonds is 4. The van der Waals surface area contributed by atoms with Crippen molar-refractivity contribution in [3.63, 3.8) is 0 Å². The molecule has 0 heterocycles. The minimum atomic E-state index is -0.247. The summed E-state index contributed by atoms with van der Waals surface area (Å²) < 4.78 is 0. The van der Waals surface area contributed by atoms with Gasteiger partial charge in [0.1, 0.15) is 0 Å². The first-order valence-corrected chi connectivity index (χ1v) is 4.86. The molecular formula is C9H18ClNO. The molecule has 0 radical (unpaired) electrons. The van der Waals surface area contributed by atoms with Crippen molar-refractivity contribution in [3.8, 4) is 0 Å². The molecule has 2 nitrogen and oxygen atoms in total. The van der Waals surface area contributed by atoms with Gasteiger partial charge in [0.25, 0.3) is 0 Å². The van der Waals surface area contributed by atoms with E-state index in [2.05, 4.69) is 5.32 Å². The number of hydrogen-bond donors (Lipinski definition) is 1. The maximum absolute atomic E-state index is 11.3. The Morgan fingerprint density at radius 2 is 2.08 bits per heavy atom. The van der Waals surface area contributed by atoms with Crippen LogP contribution in [-0.2, 0) is 4.79 Å². The topological polar surface area (TPSA) is 29.1 Å². The van der Waals surface area contributed by atoms with Crippen LogP contribution in [0.25, 0.3) is 0 Å². The maximum Gasteiger partial charge on any atom is 0.223 e. The smallest absolute Gasteiger partial charge is 0.223 e. The summed E-state index contributed by atoms with van der Waals surface area (Å²) in [6.45, 7) is 7.72. The van der Waals surface area contributed by atoms with Gasteiger partial charge in [-0.2, -0.15) is 0 Å². The predicted octanol–water partition coefficient (Wildman–Crippen LogP) is 2.17. The predicted molar refractivity (Wildman–Crippen MR) is 52.4 cm³/mol. The molecule has 0 aromatic heterocycles. The Morgan fingerprint density at radius 3 is 2.33 bits per heavy atom. The summed E-state index contributed by atoms with van der Waals surface area (Å²) in [5.41, 5.74) is -0.247. The molecule has 72 valence electrons. The molecule has 0 saturated carbocycles. The zero-order valence-electron chi connectivity index (χ0n) is 8.28. The average Bonchev–Trinajstić information content (AvgIpc) is 2.04. The summed E-state index contributed by atoms with van der Waals surface area (Å²) in [6, 6.07) is 0. The highest BCUT2D eigenvalue weighted by atomic mass is 35.5. The fraction of sp³-hybridized carbons (Fsp3) is 0.889. The Balaban J connectivity index is 4.12. The Bertz CT molecular complexity index is 153. The largest absolute Gasteiger partial charge is 0.350 e. The van der Waals surface area contributed by atoms with Crippen LogP contribution < -0.4 is 5.32 Å². The molecule has 0 fully saturated rings. The van der Waals surface area contributed by atoms with Crippen LogP contribution in [0.5, 0.6) is 0 Å². The number of carbonyl (C=O) groups excluding carboxylic acids is 1. The van der Waals surface area contributed by atoms with Gasteiger partial charge >= 0.3 is 0 Å². The van der Waals surface area contributed by atoms with Crippen LogP contribution in [-0.4, -0.2) is 17.3 Å². The van der Waals surface area contributed by atoms with Gasteiger partial charge < -0.3 is 5.32 Å². The molecule has 0 bridgehead atoms. The molecule has 0 aromatic rings. The second-order valence-corrected chi connectivity index (χ2v) is 3.96. The first kappa shape index (κ1) is 11.8. The zero-order chi connectivity index (χ0) is 9.78. The molecular weight excluding hydrogens is 174 g/mol. The van der Waals surface area contributed by atoms with E-state index < -0.39 is 0 Å². The Kier molecular flexibility index (Phi) is 4.61. The second kappa shape index (κ2) is 4.70. The third-order valence-corrected chi connectivity index (χ3v) is 2.61. The number of halogens is 1. The average molecular weight is 192 g/mol. The quantitative estimate of drug-likeness (QED) is 0.679. The summed E-state index contributed by atoms with van der Waals surface area (Å²) >= 11 is 5.74. The molecule has 1 N–H and O–H groups in total. The van der Waals surface area contributed by atoms with Crippen LogP contribution in [0.3, 0.4) is 0 Å². The lowest BCUT2D eigenvalue weighted by atomic mass is 10.0. The van der Waals surface area contributed by atoms with Crippen molar-refractivity contribution in [2.45, 2.75) is 39.7 Å². The molecule has 0 aromatic carbocycles. The summed E-state index contributed by atoms with van der Waals surface area (Å²) in [4.78, 5) is 11.3. The normalized spacial score (nSPS) is 15.8. The van der Waals surface area contributed by atoms with E-state index >= 15 is 0 Å². The number of carbonyl (C=O) groups is 1. The Labute approximate surface area is 79.7 Å². The van der Waals surface area contributed by atoms with Gasteiger partial charge in [-0.25, -0.2) is 0 Å². The van der Waals surface area contributed by atoms with E-state index in [0.717, 1.165) is 6.42 Å². The number of alkyl halides is 1. The van der Waals surface area contributed by atoms with Gasteiger partial charge in [0.2, 0.25) is 5.91 Å². The van der Waals surface area contributed by atoms with E-state index in [0.29, 0.717) is 5.88 Å². The van der Waals surface area contributed by atoms with Crippen LogP contribution in [0.2, 0.25) is 0 Å².